The van der Waals surface area contributed by atoms with Gasteiger partial charge in [-0.3, -0.25) is 5.10 Å². The van der Waals surface area contributed by atoms with Crippen LogP contribution in [0.2, 0.25) is 0 Å². The average molecular weight is 247 g/mol. The Bertz CT molecular complexity index is 520. The summed E-state index contributed by atoms with van der Waals surface area (Å²) in [5.74, 6) is 0.830. The van der Waals surface area contributed by atoms with E-state index in [1.165, 1.54) is 0 Å². The van der Waals surface area contributed by atoms with E-state index < -0.39 is 0 Å². The zero-order valence-electron chi connectivity index (χ0n) is 10.4. The minimum absolute atomic E-state index is 0.284. The van der Waals surface area contributed by atoms with Gasteiger partial charge < -0.3 is 10.1 Å². The van der Waals surface area contributed by atoms with Gasteiger partial charge in [-0.2, -0.15) is 5.10 Å². The van der Waals surface area contributed by atoms with Crippen LogP contribution in [0, 0.1) is 0 Å². The van der Waals surface area contributed by atoms with Crippen LogP contribution in [0.15, 0.2) is 12.5 Å². The molecule has 2 N–H and O–H groups in total. The predicted molar refractivity (Wildman–Crippen MR) is 68.4 cm³/mol. The molecule has 1 fully saturated rings. The van der Waals surface area contributed by atoms with Crippen LogP contribution in [-0.4, -0.2) is 38.9 Å². The maximum Gasteiger partial charge on any atom is 0.160 e. The Morgan fingerprint density at radius 3 is 3.28 bits per heavy atom. The van der Waals surface area contributed by atoms with Crippen LogP contribution >= 0.6 is 0 Å². The van der Waals surface area contributed by atoms with Crippen molar-refractivity contribution in [3.8, 4) is 0 Å². The molecule has 18 heavy (non-hydrogen) atoms. The van der Waals surface area contributed by atoms with Gasteiger partial charge in [0.25, 0.3) is 0 Å². The highest BCUT2D eigenvalue weighted by Crippen LogP contribution is 2.23. The molecule has 0 bridgehead atoms. The third kappa shape index (κ3) is 2.03. The Morgan fingerprint density at radius 2 is 2.50 bits per heavy atom. The third-order valence-corrected chi connectivity index (χ3v) is 3.42. The van der Waals surface area contributed by atoms with Crippen molar-refractivity contribution < 1.29 is 4.74 Å². The predicted octanol–water partition coefficient (Wildman–Crippen LogP) is 1.72. The number of H-pyrrole nitrogens is 1. The van der Waals surface area contributed by atoms with Crippen molar-refractivity contribution in [2.45, 2.75) is 38.3 Å². The Labute approximate surface area is 105 Å². The minimum Gasteiger partial charge on any atom is -0.376 e. The molecule has 0 aromatic carbocycles. The summed E-state index contributed by atoms with van der Waals surface area (Å²) in [4.78, 5) is 8.43. The molecule has 1 aliphatic heterocycles. The summed E-state index contributed by atoms with van der Waals surface area (Å²) in [6.45, 7) is 3.03. The van der Waals surface area contributed by atoms with E-state index in [4.69, 9.17) is 4.74 Å². The van der Waals surface area contributed by atoms with E-state index >= 15 is 0 Å². The normalized spacial score (nSPS) is 21.3. The van der Waals surface area contributed by atoms with E-state index in [0.717, 1.165) is 42.7 Å². The molecule has 1 saturated heterocycles. The summed E-state index contributed by atoms with van der Waals surface area (Å²) in [5.41, 5.74) is 0.759. The molecule has 2 unspecified atom stereocenters. The van der Waals surface area contributed by atoms with Crippen LogP contribution in [0.1, 0.15) is 26.2 Å². The van der Waals surface area contributed by atoms with Crippen LogP contribution in [0.5, 0.6) is 0 Å². The number of anilines is 1. The molecule has 3 heterocycles. The first-order chi connectivity index (χ1) is 8.88. The summed E-state index contributed by atoms with van der Waals surface area (Å²) < 4.78 is 5.74. The summed E-state index contributed by atoms with van der Waals surface area (Å²) in [5, 5.41) is 11.2. The largest absolute Gasteiger partial charge is 0.376 e. The highest BCUT2D eigenvalue weighted by atomic mass is 16.5. The molecule has 6 heteroatoms. The fraction of sp³-hybridized carbons (Fsp3) is 0.583. The van der Waals surface area contributed by atoms with Gasteiger partial charge in [-0.1, -0.05) is 6.92 Å². The molecule has 2 aromatic rings. The van der Waals surface area contributed by atoms with Gasteiger partial charge in [0.05, 0.1) is 23.7 Å². The molecule has 0 spiro atoms. The average Bonchev–Trinajstić information content (AvgIpc) is 3.06. The summed E-state index contributed by atoms with van der Waals surface area (Å²) in [6.07, 6.45) is 6.85. The lowest BCUT2D eigenvalue weighted by molar-refractivity contribution is 0.0943. The first-order valence-corrected chi connectivity index (χ1v) is 6.40. The Balaban J connectivity index is 1.83. The number of aromatic nitrogens is 4. The zero-order valence-corrected chi connectivity index (χ0v) is 10.4. The molecule has 96 valence electrons. The highest BCUT2D eigenvalue weighted by Gasteiger charge is 2.25. The molecular weight excluding hydrogens is 230 g/mol. The van der Waals surface area contributed by atoms with Crippen LogP contribution in [0.4, 0.5) is 5.82 Å². The highest BCUT2D eigenvalue weighted by molar-refractivity contribution is 5.85. The molecule has 2 aromatic heterocycles. The summed E-state index contributed by atoms with van der Waals surface area (Å²) in [7, 11) is 0. The van der Waals surface area contributed by atoms with Gasteiger partial charge in [-0.05, 0) is 19.3 Å². The second kappa shape index (κ2) is 4.89. The van der Waals surface area contributed by atoms with Gasteiger partial charge in [-0.25, -0.2) is 9.97 Å². The van der Waals surface area contributed by atoms with Crippen molar-refractivity contribution in [1.29, 1.82) is 0 Å². The molecule has 0 radical (unpaired) electrons. The van der Waals surface area contributed by atoms with Crippen molar-refractivity contribution in [2.24, 2.45) is 0 Å². The number of hydrogen-bond acceptors (Lipinski definition) is 5. The number of nitrogens with zero attached hydrogens (tertiary/aromatic N) is 3. The van der Waals surface area contributed by atoms with E-state index in [0.29, 0.717) is 6.04 Å². The van der Waals surface area contributed by atoms with Crippen molar-refractivity contribution in [1.82, 2.24) is 20.2 Å². The minimum atomic E-state index is 0.284. The molecule has 6 nitrogen and oxygen atoms in total. The second-order valence-corrected chi connectivity index (χ2v) is 4.57. The van der Waals surface area contributed by atoms with Crippen molar-refractivity contribution >= 4 is 16.9 Å². The topological polar surface area (TPSA) is 75.7 Å². The Kier molecular flexibility index (Phi) is 3.10. The Morgan fingerprint density at radius 1 is 1.56 bits per heavy atom. The zero-order chi connectivity index (χ0) is 12.4. The maximum atomic E-state index is 5.74. The standard InChI is InChI=1S/C12H17N5O/c1-2-9(10-4-3-5-18-10)16-11-8-6-15-17-12(8)14-7-13-11/h6-7,9-10H,2-5H2,1H3,(H2,13,14,15,16,17). The van der Waals surface area contributed by atoms with E-state index in [1.54, 1.807) is 12.5 Å². The molecule has 0 aliphatic carbocycles. The molecule has 3 rings (SSSR count). The van der Waals surface area contributed by atoms with Gasteiger partial charge in [0.1, 0.15) is 12.1 Å². The molecular formula is C12H17N5O. The lowest BCUT2D eigenvalue weighted by atomic mass is 10.1. The summed E-state index contributed by atoms with van der Waals surface area (Å²) in [6, 6.07) is 0.292. The van der Waals surface area contributed by atoms with Gasteiger partial charge in [0, 0.05) is 6.61 Å². The molecule has 0 saturated carbocycles. The number of fused-ring (bicyclic) bond motifs is 1. The lowest BCUT2D eigenvalue weighted by Gasteiger charge is -2.23. The van der Waals surface area contributed by atoms with Crippen LogP contribution < -0.4 is 5.32 Å². The van der Waals surface area contributed by atoms with E-state index in [-0.39, 0.29) is 6.10 Å². The first kappa shape index (κ1) is 11.4. The number of nitrogens with one attached hydrogen (secondary N) is 2. The number of hydrogen-bond donors (Lipinski definition) is 2. The van der Waals surface area contributed by atoms with Crippen LogP contribution in [-0.2, 0) is 4.74 Å². The Hall–Kier alpha value is -1.69. The first-order valence-electron chi connectivity index (χ1n) is 6.40. The van der Waals surface area contributed by atoms with Crippen molar-refractivity contribution in [3.05, 3.63) is 12.5 Å². The lowest BCUT2D eigenvalue weighted by Crippen LogP contribution is -2.32. The van der Waals surface area contributed by atoms with Gasteiger partial charge in [-0.15, -0.1) is 0 Å². The van der Waals surface area contributed by atoms with E-state index in [1.807, 2.05) is 0 Å². The van der Waals surface area contributed by atoms with E-state index in [9.17, 15) is 0 Å². The van der Waals surface area contributed by atoms with Crippen molar-refractivity contribution in [3.63, 3.8) is 0 Å². The van der Waals surface area contributed by atoms with Gasteiger partial charge in [0.2, 0.25) is 0 Å². The number of rotatable bonds is 4. The van der Waals surface area contributed by atoms with Gasteiger partial charge >= 0.3 is 0 Å². The summed E-state index contributed by atoms with van der Waals surface area (Å²) >= 11 is 0. The molecule has 2 atom stereocenters. The fourth-order valence-electron chi connectivity index (χ4n) is 2.43. The monoisotopic (exact) mass is 247 g/mol. The number of ether oxygens (including phenoxy) is 1. The van der Waals surface area contributed by atoms with E-state index in [2.05, 4.69) is 32.4 Å². The quantitative estimate of drug-likeness (QED) is 0.860. The van der Waals surface area contributed by atoms with Crippen molar-refractivity contribution in [2.75, 3.05) is 11.9 Å². The smallest absolute Gasteiger partial charge is 0.160 e. The maximum absolute atomic E-state index is 5.74. The van der Waals surface area contributed by atoms with Crippen LogP contribution in [0.3, 0.4) is 0 Å². The molecule has 0 amide bonds. The third-order valence-electron chi connectivity index (χ3n) is 3.42. The van der Waals surface area contributed by atoms with Gasteiger partial charge in [0.15, 0.2) is 5.65 Å². The molecule has 1 aliphatic rings. The number of aromatic amines is 1. The SMILES string of the molecule is CCC(Nc1ncnc2[nH]ncc12)C1CCCO1. The fourth-order valence-corrected chi connectivity index (χ4v) is 2.43. The van der Waals surface area contributed by atoms with Crippen LogP contribution in [0.25, 0.3) is 11.0 Å². The second-order valence-electron chi connectivity index (χ2n) is 4.57.